The number of piperazine rings is 1. The van der Waals surface area contributed by atoms with Gasteiger partial charge in [0, 0.05) is 51.0 Å². The molecule has 2 aliphatic heterocycles. The molecule has 1 saturated heterocycles. The van der Waals surface area contributed by atoms with E-state index >= 15 is 0 Å². The van der Waals surface area contributed by atoms with Crippen molar-refractivity contribution in [3.8, 4) is 0 Å². The number of ether oxygens (including phenoxy) is 1. The lowest BCUT2D eigenvalue weighted by molar-refractivity contribution is -0.139. The maximum absolute atomic E-state index is 13.2. The molecule has 0 aromatic heterocycles. The molecule has 9 nitrogen and oxygen atoms in total. The van der Waals surface area contributed by atoms with Crippen LogP contribution in [0.5, 0.6) is 0 Å². The van der Waals surface area contributed by atoms with Gasteiger partial charge < -0.3 is 20.3 Å². The number of carbonyl (C=O) groups excluding carboxylic acids is 3. The van der Waals surface area contributed by atoms with E-state index in [0.717, 1.165) is 5.56 Å². The highest BCUT2D eigenvalue weighted by Gasteiger charge is 2.38. The van der Waals surface area contributed by atoms with Crippen molar-refractivity contribution in [3.05, 3.63) is 46.7 Å². The molecule has 2 N–H and O–H groups in total. The van der Waals surface area contributed by atoms with E-state index in [1.165, 1.54) is 10.5 Å². The summed E-state index contributed by atoms with van der Waals surface area (Å²) in [5, 5.41) is 5.99. The first-order valence-corrected chi connectivity index (χ1v) is 12.7. The molecular weight excluding hydrogens is 458 g/mol. The van der Waals surface area contributed by atoms with E-state index < -0.39 is 12.0 Å². The molecule has 4 amide bonds. The molecule has 1 aromatic rings. The van der Waals surface area contributed by atoms with Gasteiger partial charge in [-0.25, -0.2) is 14.4 Å². The number of amides is 4. The van der Waals surface area contributed by atoms with E-state index in [1.807, 2.05) is 45.0 Å². The summed E-state index contributed by atoms with van der Waals surface area (Å²) in [5.74, 6) is -0.0496. The topological polar surface area (TPSA) is 94.2 Å². The Bertz CT molecular complexity index is 988. The second kappa shape index (κ2) is 11.3. The molecule has 1 atom stereocenters. The summed E-state index contributed by atoms with van der Waals surface area (Å²) in [5.41, 5.74) is 2.80. The molecule has 9 heteroatoms. The number of urea groups is 2. The number of benzene rings is 1. The number of hydrogen-bond donors (Lipinski definition) is 2. The van der Waals surface area contributed by atoms with Crippen molar-refractivity contribution < 1.29 is 19.1 Å². The SMILES string of the molecule is CCOC(=O)C1=C(CN2CCN(C(=O)NC(C)(C)C)CC2)N(C)C(=O)N[C@@H]1c1ccc(C(C)C)cc1. The number of esters is 1. The lowest BCUT2D eigenvalue weighted by Gasteiger charge is -2.40. The minimum atomic E-state index is -0.595. The summed E-state index contributed by atoms with van der Waals surface area (Å²) in [6.07, 6.45) is 0. The number of nitrogens with zero attached hydrogens (tertiary/aromatic N) is 3. The summed E-state index contributed by atoms with van der Waals surface area (Å²) < 4.78 is 5.44. The van der Waals surface area contributed by atoms with E-state index in [-0.39, 0.29) is 24.2 Å². The second-order valence-corrected chi connectivity index (χ2v) is 10.8. The van der Waals surface area contributed by atoms with Crippen LogP contribution in [0.25, 0.3) is 0 Å². The summed E-state index contributed by atoms with van der Waals surface area (Å²) in [6.45, 7) is 15.0. The third kappa shape index (κ3) is 6.57. The van der Waals surface area contributed by atoms with Crippen LogP contribution in [0, 0.1) is 0 Å². The molecule has 2 aliphatic rings. The van der Waals surface area contributed by atoms with Crippen LogP contribution in [0.2, 0.25) is 0 Å². The molecule has 0 bridgehead atoms. The largest absolute Gasteiger partial charge is 0.463 e. The molecule has 198 valence electrons. The predicted molar refractivity (Wildman–Crippen MR) is 140 cm³/mol. The highest BCUT2D eigenvalue weighted by atomic mass is 16.5. The van der Waals surface area contributed by atoms with Crippen LogP contribution in [-0.4, -0.2) is 84.6 Å². The van der Waals surface area contributed by atoms with Gasteiger partial charge in [-0.1, -0.05) is 38.1 Å². The van der Waals surface area contributed by atoms with Crippen molar-refractivity contribution in [2.24, 2.45) is 0 Å². The van der Waals surface area contributed by atoms with Gasteiger partial charge in [-0.15, -0.1) is 0 Å². The van der Waals surface area contributed by atoms with Crippen LogP contribution in [0.1, 0.15) is 64.6 Å². The molecule has 0 unspecified atom stereocenters. The average molecular weight is 500 g/mol. The zero-order chi connectivity index (χ0) is 26.6. The fourth-order valence-corrected chi connectivity index (χ4v) is 4.44. The van der Waals surface area contributed by atoms with E-state index in [9.17, 15) is 14.4 Å². The third-order valence-electron chi connectivity index (χ3n) is 6.52. The van der Waals surface area contributed by atoms with Crippen molar-refractivity contribution in [3.63, 3.8) is 0 Å². The fourth-order valence-electron chi connectivity index (χ4n) is 4.44. The summed E-state index contributed by atoms with van der Waals surface area (Å²) >= 11 is 0. The average Bonchev–Trinajstić information content (AvgIpc) is 2.81. The van der Waals surface area contributed by atoms with Crippen LogP contribution >= 0.6 is 0 Å². The zero-order valence-electron chi connectivity index (χ0n) is 22.7. The molecule has 0 aliphatic carbocycles. The Morgan fingerprint density at radius 3 is 2.25 bits per heavy atom. The number of likely N-dealkylation sites (N-methyl/N-ethyl adjacent to an activating group) is 1. The molecule has 2 heterocycles. The first-order valence-electron chi connectivity index (χ1n) is 12.7. The summed E-state index contributed by atoms with van der Waals surface area (Å²) in [4.78, 5) is 44.2. The van der Waals surface area contributed by atoms with E-state index in [0.29, 0.717) is 49.9 Å². The van der Waals surface area contributed by atoms with Crippen LogP contribution in [-0.2, 0) is 9.53 Å². The summed E-state index contributed by atoms with van der Waals surface area (Å²) in [6, 6.07) is 7.07. The number of nitrogens with one attached hydrogen (secondary N) is 2. The highest BCUT2D eigenvalue weighted by Crippen LogP contribution is 2.32. The Balaban J connectivity index is 1.86. The standard InChI is InChI=1S/C27H41N5O4/c1-8-36-24(33)22-21(17-31-13-15-32(16-14-31)26(35)29-27(4,5)6)30(7)25(34)28-23(22)20-11-9-19(10-12-20)18(2)3/h9-12,18,23H,8,13-17H2,1-7H3,(H,28,34)(H,29,35)/t23-/m1/s1. The smallest absolute Gasteiger partial charge is 0.338 e. The van der Waals surface area contributed by atoms with Crippen LogP contribution in [0.15, 0.2) is 35.5 Å². The molecule has 3 rings (SSSR count). The molecule has 36 heavy (non-hydrogen) atoms. The lowest BCUT2D eigenvalue weighted by Crippen LogP contribution is -2.56. The van der Waals surface area contributed by atoms with Crippen LogP contribution < -0.4 is 10.6 Å². The van der Waals surface area contributed by atoms with Gasteiger partial charge in [-0.2, -0.15) is 0 Å². The first kappa shape index (κ1) is 27.5. The Kier molecular flexibility index (Phi) is 8.66. The quantitative estimate of drug-likeness (QED) is 0.585. The van der Waals surface area contributed by atoms with Gasteiger partial charge in [0.25, 0.3) is 0 Å². The van der Waals surface area contributed by atoms with Crippen LogP contribution in [0.4, 0.5) is 9.59 Å². The lowest BCUT2D eigenvalue weighted by atomic mass is 9.92. The van der Waals surface area contributed by atoms with Gasteiger partial charge in [0.2, 0.25) is 0 Å². The van der Waals surface area contributed by atoms with Gasteiger partial charge in [0.05, 0.1) is 18.2 Å². The molecule has 0 spiro atoms. The Morgan fingerprint density at radius 2 is 1.72 bits per heavy atom. The predicted octanol–water partition coefficient (Wildman–Crippen LogP) is 3.45. The van der Waals surface area contributed by atoms with Crippen molar-refractivity contribution in [1.29, 1.82) is 0 Å². The minimum Gasteiger partial charge on any atom is -0.463 e. The van der Waals surface area contributed by atoms with E-state index in [1.54, 1.807) is 18.9 Å². The minimum absolute atomic E-state index is 0.0763. The van der Waals surface area contributed by atoms with Crippen molar-refractivity contribution in [2.45, 2.75) is 59.0 Å². The summed E-state index contributed by atoms with van der Waals surface area (Å²) in [7, 11) is 1.68. The van der Waals surface area contributed by atoms with Gasteiger partial charge >= 0.3 is 18.0 Å². The monoisotopic (exact) mass is 499 g/mol. The number of carbonyl (C=O) groups is 3. The second-order valence-electron chi connectivity index (χ2n) is 10.8. The number of rotatable bonds is 6. The molecule has 0 saturated carbocycles. The van der Waals surface area contributed by atoms with Crippen molar-refractivity contribution in [2.75, 3.05) is 46.4 Å². The highest BCUT2D eigenvalue weighted by molar-refractivity contribution is 5.95. The molecular formula is C27H41N5O4. The van der Waals surface area contributed by atoms with Crippen LogP contribution in [0.3, 0.4) is 0 Å². The van der Waals surface area contributed by atoms with Crippen molar-refractivity contribution in [1.82, 2.24) is 25.3 Å². The van der Waals surface area contributed by atoms with E-state index in [2.05, 4.69) is 29.4 Å². The number of hydrogen-bond acceptors (Lipinski definition) is 5. The van der Waals surface area contributed by atoms with Crippen molar-refractivity contribution >= 4 is 18.0 Å². The van der Waals surface area contributed by atoms with Gasteiger partial charge in [-0.3, -0.25) is 9.80 Å². The molecule has 1 fully saturated rings. The maximum atomic E-state index is 13.2. The fraction of sp³-hybridized carbons (Fsp3) is 0.593. The molecule has 1 aromatic carbocycles. The Labute approximate surface area is 214 Å². The van der Waals surface area contributed by atoms with Gasteiger partial charge in [0.15, 0.2) is 0 Å². The first-order chi connectivity index (χ1) is 16.9. The normalized spacial score (nSPS) is 19.4. The maximum Gasteiger partial charge on any atom is 0.338 e. The Morgan fingerprint density at radius 1 is 1.11 bits per heavy atom. The van der Waals surface area contributed by atoms with Gasteiger partial charge in [0.1, 0.15) is 0 Å². The Hall–Kier alpha value is -3.07. The third-order valence-corrected chi connectivity index (χ3v) is 6.52. The van der Waals surface area contributed by atoms with Gasteiger partial charge in [-0.05, 0) is 44.7 Å². The van der Waals surface area contributed by atoms with E-state index in [4.69, 9.17) is 4.74 Å². The molecule has 0 radical (unpaired) electrons. The zero-order valence-corrected chi connectivity index (χ0v) is 22.7.